The molecule has 1 aromatic heterocycles. The van der Waals surface area contributed by atoms with Gasteiger partial charge in [-0.2, -0.15) is 0 Å². The number of phenolic OH excluding ortho intramolecular Hbond substituents is 1. The van der Waals surface area contributed by atoms with E-state index in [9.17, 15) is 5.11 Å². The summed E-state index contributed by atoms with van der Waals surface area (Å²) in [5.74, 6) is 0.962. The molecule has 1 heterocycles. The number of aromatic nitrogens is 1. The van der Waals surface area contributed by atoms with Crippen LogP contribution in [0.1, 0.15) is 11.1 Å². The van der Waals surface area contributed by atoms with E-state index in [2.05, 4.69) is 10.3 Å². The fraction of sp³-hybridized carbons (Fsp3) is 0.154. The van der Waals surface area contributed by atoms with Crippen molar-refractivity contribution in [3.05, 3.63) is 47.7 Å². The van der Waals surface area contributed by atoms with Crippen molar-refractivity contribution < 1.29 is 5.11 Å². The van der Waals surface area contributed by atoms with Gasteiger partial charge in [-0.05, 0) is 42.3 Å². The minimum atomic E-state index is 0.281. The topological polar surface area (TPSA) is 71.2 Å². The summed E-state index contributed by atoms with van der Waals surface area (Å²) >= 11 is 0. The second-order valence-corrected chi connectivity index (χ2v) is 3.91. The van der Waals surface area contributed by atoms with E-state index in [1.165, 1.54) is 0 Å². The lowest BCUT2D eigenvalue weighted by molar-refractivity contribution is 0.474. The zero-order chi connectivity index (χ0) is 12.3. The smallest absolute Gasteiger partial charge is 0.149 e. The van der Waals surface area contributed by atoms with Crippen LogP contribution in [0.4, 0.5) is 11.5 Å². The summed E-state index contributed by atoms with van der Waals surface area (Å²) in [7, 11) is 0. The van der Waals surface area contributed by atoms with Gasteiger partial charge in [-0.1, -0.05) is 6.07 Å². The molecule has 1 aromatic carbocycles. The maximum atomic E-state index is 9.31. The lowest BCUT2D eigenvalue weighted by Crippen LogP contribution is -2.05. The van der Waals surface area contributed by atoms with Gasteiger partial charge in [-0.25, -0.2) is 4.98 Å². The summed E-state index contributed by atoms with van der Waals surface area (Å²) in [4.78, 5) is 4.16. The minimum Gasteiger partial charge on any atom is -0.508 e. The lowest BCUT2D eigenvalue weighted by atomic mass is 10.1. The third-order valence-corrected chi connectivity index (χ3v) is 2.61. The van der Waals surface area contributed by atoms with Crippen LogP contribution in [0.2, 0.25) is 0 Å². The third kappa shape index (κ3) is 2.66. The Morgan fingerprint density at radius 1 is 1.35 bits per heavy atom. The Labute approximate surface area is 100 Å². The highest BCUT2D eigenvalue weighted by atomic mass is 16.3. The number of nitrogens with zero attached hydrogens (tertiary/aromatic N) is 1. The second-order valence-electron chi connectivity index (χ2n) is 3.91. The quantitative estimate of drug-likeness (QED) is 0.755. The van der Waals surface area contributed by atoms with E-state index >= 15 is 0 Å². The van der Waals surface area contributed by atoms with Gasteiger partial charge in [0, 0.05) is 12.7 Å². The van der Waals surface area contributed by atoms with E-state index in [-0.39, 0.29) is 5.75 Å². The van der Waals surface area contributed by atoms with Crippen molar-refractivity contribution in [1.29, 1.82) is 0 Å². The molecule has 0 saturated heterocycles. The molecule has 0 atom stereocenters. The van der Waals surface area contributed by atoms with Gasteiger partial charge in [0.2, 0.25) is 0 Å². The fourth-order valence-electron chi connectivity index (χ4n) is 1.62. The van der Waals surface area contributed by atoms with E-state index in [0.717, 1.165) is 11.1 Å². The Kier molecular flexibility index (Phi) is 3.14. The molecule has 4 heteroatoms. The third-order valence-electron chi connectivity index (χ3n) is 2.61. The number of hydrogen-bond donors (Lipinski definition) is 3. The molecule has 0 spiro atoms. The zero-order valence-corrected chi connectivity index (χ0v) is 9.64. The number of phenols is 1. The molecule has 0 aliphatic carbocycles. The Morgan fingerprint density at radius 2 is 2.18 bits per heavy atom. The van der Waals surface area contributed by atoms with E-state index in [1.807, 2.05) is 13.0 Å². The van der Waals surface area contributed by atoms with Gasteiger partial charge in [0.15, 0.2) is 0 Å². The number of benzene rings is 1. The number of aryl methyl sites for hydroxylation is 1. The van der Waals surface area contributed by atoms with Crippen LogP contribution in [0.3, 0.4) is 0 Å². The maximum absolute atomic E-state index is 9.31. The van der Waals surface area contributed by atoms with E-state index in [4.69, 9.17) is 5.73 Å². The summed E-state index contributed by atoms with van der Waals surface area (Å²) in [5.41, 5.74) is 8.55. The predicted octanol–water partition coefficient (Wildman–Crippen LogP) is 2.29. The summed E-state index contributed by atoms with van der Waals surface area (Å²) in [5, 5.41) is 12.5. The summed E-state index contributed by atoms with van der Waals surface area (Å²) in [6.07, 6.45) is 1.70. The number of nitrogen functional groups attached to an aromatic ring is 1. The molecule has 0 unspecified atom stereocenters. The lowest BCUT2D eigenvalue weighted by Gasteiger charge is -2.10. The van der Waals surface area contributed by atoms with Gasteiger partial charge in [0.1, 0.15) is 11.6 Å². The number of nitrogens with two attached hydrogens (primary N) is 1. The van der Waals surface area contributed by atoms with Gasteiger partial charge in [0.05, 0.1) is 5.69 Å². The van der Waals surface area contributed by atoms with Crippen LogP contribution in [-0.4, -0.2) is 10.1 Å². The maximum Gasteiger partial charge on any atom is 0.149 e. The molecule has 2 aromatic rings. The Morgan fingerprint density at radius 3 is 2.88 bits per heavy atom. The number of rotatable bonds is 3. The van der Waals surface area contributed by atoms with Gasteiger partial charge < -0.3 is 16.2 Å². The van der Waals surface area contributed by atoms with E-state index < -0.39 is 0 Å². The van der Waals surface area contributed by atoms with Crippen molar-refractivity contribution in [3.8, 4) is 5.75 Å². The molecular formula is C13H15N3O. The van der Waals surface area contributed by atoms with Crippen molar-refractivity contribution in [1.82, 2.24) is 4.98 Å². The number of nitrogens with one attached hydrogen (secondary N) is 1. The van der Waals surface area contributed by atoms with Crippen LogP contribution in [0.5, 0.6) is 5.75 Å². The van der Waals surface area contributed by atoms with Crippen molar-refractivity contribution in [2.24, 2.45) is 0 Å². The first kappa shape index (κ1) is 11.3. The molecule has 0 bridgehead atoms. The molecule has 0 saturated carbocycles. The standard InChI is InChI=1S/C13H15N3O/c1-9-7-11(17)5-4-10(9)8-16-13-12(14)3-2-6-15-13/h2-7,17H,8,14H2,1H3,(H,15,16). The Balaban J connectivity index is 2.10. The van der Waals surface area contributed by atoms with Gasteiger partial charge >= 0.3 is 0 Å². The average molecular weight is 229 g/mol. The summed E-state index contributed by atoms with van der Waals surface area (Å²) < 4.78 is 0. The highest BCUT2D eigenvalue weighted by Crippen LogP contribution is 2.18. The van der Waals surface area contributed by atoms with Crippen LogP contribution < -0.4 is 11.1 Å². The molecule has 0 aliphatic rings. The van der Waals surface area contributed by atoms with E-state index in [1.54, 1.807) is 30.5 Å². The molecule has 88 valence electrons. The minimum absolute atomic E-state index is 0.281. The number of aromatic hydroxyl groups is 1. The Hall–Kier alpha value is -2.23. The van der Waals surface area contributed by atoms with Gasteiger partial charge in [0.25, 0.3) is 0 Å². The largest absolute Gasteiger partial charge is 0.508 e. The molecule has 0 amide bonds. The first-order chi connectivity index (χ1) is 8.16. The highest BCUT2D eigenvalue weighted by Gasteiger charge is 2.02. The van der Waals surface area contributed by atoms with Crippen LogP contribution in [0, 0.1) is 6.92 Å². The van der Waals surface area contributed by atoms with Crippen molar-refractivity contribution in [2.45, 2.75) is 13.5 Å². The van der Waals surface area contributed by atoms with Crippen LogP contribution in [-0.2, 0) is 6.54 Å². The SMILES string of the molecule is Cc1cc(O)ccc1CNc1ncccc1N. The van der Waals surface area contributed by atoms with Crippen molar-refractivity contribution in [3.63, 3.8) is 0 Å². The molecule has 0 fully saturated rings. The molecule has 0 radical (unpaired) electrons. The average Bonchev–Trinajstić information content (AvgIpc) is 2.30. The van der Waals surface area contributed by atoms with Crippen molar-refractivity contribution >= 4 is 11.5 Å². The molecular weight excluding hydrogens is 214 g/mol. The first-order valence-electron chi connectivity index (χ1n) is 5.39. The van der Waals surface area contributed by atoms with Gasteiger partial charge in [-0.3, -0.25) is 0 Å². The molecule has 2 rings (SSSR count). The zero-order valence-electron chi connectivity index (χ0n) is 9.64. The first-order valence-corrected chi connectivity index (χ1v) is 5.39. The number of anilines is 2. The highest BCUT2D eigenvalue weighted by molar-refractivity contribution is 5.60. The molecule has 0 aliphatic heterocycles. The Bertz CT molecular complexity index is 526. The van der Waals surface area contributed by atoms with Crippen LogP contribution in [0.15, 0.2) is 36.5 Å². The van der Waals surface area contributed by atoms with Crippen LogP contribution >= 0.6 is 0 Å². The van der Waals surface area contributed by atoms with Gasteiger partial charge in [-0.15, -0.1) is 0 Å². The molecule has 17 heavy (non-hydrogen) atoms. The molecule has 4 N–H and O–H groups in total. The predicted molar refractivity (Wildman–Crippen MR) is 68.8 cm³/mol. The van der Waals surface area contributed by atoms with Crippen molar-refractivity contribution in [2.75, 3.05) is 11.1 Å². The van der Waals surface area contributed by atoms with Crippen LogP contribution in [0.25, 0.3) is 0 Å². The monoisotopic (exact) mass is 229 g/mol. The fourth-order valence-corrected chi connectivity index (χ4v) is 1.62. The molecule has 4 nitrogen and oxygen atoms in total. The number of hydrogen-bond acceptors (Lipinski definition) is 4. The number of pyridine rings is 1. The van der Waals surface area contributed by atoms with E-state index in [0.29, 0.717) is 18.1 Å². The summed E-state index contributed by atoms with van der Waals surface area (Å²) in [6, 6.07) is 8.90. The summed E-state index contributed by atoms with van der Waals surface area (Å²) in [6.45, 7) is 2.59. The second kappa shape index (κ2) is 4.74. The normalized spacial score (nSPS) is 10.2.